The van der Waals surface area contributed by atoms with E-state index >= 15 is 0 Å². The molecule has 1 aromatic rings. The van der Waals surface area contributed by atoms with Gasteiger partial charge in [0, 0.05) is 11.0 Å². The molecular weight excluding hydrogens is 378 g/mol. The van der Waals surface area contributed by atoms with Crippen LogP contribution in [0.2, 0.25) is 0 Å². The van der Waals surface area contributed by atoms with E-state index in [-0.39, 0.29) is 7.92 Å². The normalized spacial score (nSPS) is 29.8. The Hall–Kier alpha value is -0.120. The smallest absolute Gasteiger partial charge is 0.107 e. The maximum Gasteiger partial charge on any atom is 0.107 e. The van der Waals surface area contributed by atoms with E-state index in [0.717, 1.165) is 28.2 Å². The van der Waals surface area contributed by atoms with Gasteiger partial charge in [0.25, 0.3) is 0 Å². The number of hydrogen-bond acceptors (Lipinski definition) is 1. The molecule has 3 heteroatoms. The van der Waals surface area contributed by atoms with Gasteiger partial charge < -0.3 is 4.57 Å². The van der Waals surface area contributed by atoms with Gasteiger partial charge >= 0.3 is 0 Å². The Bertz CT molecular complexity index is 601. The molecule has 0 aliphatic heterocycles. The number of rotatable bonds is 6. The standard InChI is InChI=1S/C25H40OP2/c1-20(24-18-11-19-25(24)28(26)23-16-9-4-10-17-23)27(21-12-5-2-6-13-21)22-14-7-3-8-15-22/h4,9-10,16-17,20-22,24-25,28H,2-3,5-8,11-15,18-19H2,1H3/t20-,24+,25+/m1/s1. The molecule has 0 bridgehead atoms. The Labute approximate surface area is 175 Å². The molecule has 0 spiro atoms. The fourth-order valence-corrected chi connectivity index (χ4v) is 13.7. The first-order chi connectivity index (χ1) is 13.8. The molecule has 3 saturated carbocycles. The first-order valence-corrected chi connectivity index (χ1v) is 15.2. The second-order valence-corrected chi connectivity index (χ2v) is 14.9. The molecule has 1 unspecified atom stereocenters. The molecule has 3 aliphatic rings. The fraction of sp³-hybridized carbons (Fsp3) is 0.760. The van der Waals surface area contributed by atoms with E-state index in [4.69, 9.17) is 0 Å². The van der Waals surface area contributed by atoms with Crippen molar-refractivity contribution in [1.82, 2.24) is 0 Å². The van der Waals surface area contributed by atoms with Crippen molar-refractivity contribution in [2.45, 2.75) is 113 Å². The van der Waals surface area contributed by atoms with Gasteiger partial charge in [0.15, 0.2) is 0 Å². The molecule has 4 atom stereocenters. The van der Waals surface area contributed by atoms with Gasteiger partial charge in [0.1, 0.15) is 7.80 Å². The van der Waals surface area contributed by atoms with Crippen molar-refractivity contribution in [2.24, 2.45) is 5.92 Å². The average Bonchev–Trinajstić information content (AvgIpc) is 3.25. The summed E-state index contributed by atoms with van der Waals surface area (Å²) in [4.78, 5) is 0. The van der Waals surface area contributed by atoms with E-state index in [1.807, 2.05) is 0 Å². The summed E-state index contributed by atoms with van der Waals surface area (Å²) < 4.78 is 13.5. The molecule has 28 heavy (non-hydrogen) atoms. The van der Waals surface area contributed by atoms with Gasteiger partial charge in [-0.05, 0) is 61.4 Å². The third-order valence-electron chi connectivity index (χ3n) is 8.05. The fourth-order valence-electron chi connectivity index (χ4n) is 6.65. The quantitative estimate of drug-likeness (QED) is 0.435. The van der Waals surface area contributed by atoms with Gasteiger partial charge in [-0.3, -0.25) is 0 Å². The lowest BCUT2D eigenvalue weighted by Crippen LogP contribution is -2.32. The lowest BCUT2D eigenvalue weighted by Gasteiger charge is -2.45. The summed E-state index contributed by atoms with van der Waals surface area (Å²) in [7, 11) is -1.58. The molecule has 3 fully saturated rings. The van der Waals surface area contributed by atoms with Gasteiger partial charge in [0.2, 0.25) is 0 Å². The second kappa shape index (κ2) is 10.3. The highest BCUT2D eigenvalue weighted by Gasteiger charge is 2.43. The van der Waals surface area contributed by atoms with Crippen LogP contribution in [0.25, 0.3) is 0 Å². The van der Waals surface area contributed by atoms with E-state index in [1.165, 1.54) is 83.5 Å². The lowest BCUT2D eigenvalue weighted by atomic mass is 9.99. The topological polar surface area (TPSA) is 17.1 Å². The highest BCUT2D eigenvalue weighted by atomic mass is 31.1. The summed E-state index contributed by atoms with van der Waals surface area (Å²) in [5.41, 5.74) is 3.33. The molecule has 156 valence electrons. The van der Waals surface area contributed by atoms with E-state index in [0.29, 0.717) is 5.66 Å². The third kappa shape index (κ3) is 4.78. The summed E-state index contributed by atoms with van der Waals surface area (Å²) in [6, 6.07) is 10.4. The molecule has 4 rings (SSSR count). The van der Waals surface area contributed by atoms with Crippen LogP contribution < -0.4 is 5.30 Å². The Morgan fingerprint density at radius 1 is 0.786 bits per heavy atom. The Morgan fingerprint density at radius 3 is 1.93 bits per heavy atom. The van der Waals surface area contributed by atoms with Crippen molar-refractivity contribution in [3.8, 4) is 0 Å². The number of hydrogen-bond donors (Lipinski definition) is 0. The number of benzene rings is 1. The summed E-state index contributed by atoms with van der Waals surface area (Å²) >= 11 is 0. The van der Waals surface area contributed by atoms with Crippen molar-refractivity contribution in [3.63, 3.8) is 0 Å². The van der Waals surface area contributed by atoms with Crippen LogP contribution >= 0.6 is 15.7 Å². The molecule has 0 saturated heterocycles. The van der Waals surface area contributed by atoms with Crippen LogP contribution in [0, 0.1) is 5.92 Å². The van der Waals surface area contributed by atoms with Crippen LogP contribution in [-0.4, -0.2) is 22.6 Å². The summed E-state index contributed by atoms with van der Waals surface area (Å²) in [6.45, 7) is 2.61. The van der Waals surface area contributed by atoms with Gasteiger partial charge in [-0.2, -0.15) is 0 Å². The zero-order valence-electron chi connectivity index (χ0n) is 17.8. The predicted molar refractivity (Wildman–Crippen MR) is 126 cm³/mol. The highest BCUT2D eigenvalue weighted by molar-refractivity contribution is 7.60. The van der Waals surface area contributed by atoms with Crippen molar-refractivity contribution in [1.29, 1.82) is 0 Å². The largest absolute Gasteiger partial charge is 0.322 e. The highest BCUT2D eigenvalue weighted by Crippen LogP contribution is 2.63. The maximum absolute atomic E-state index is 13.5. The van der Waals surface area contributed by atoms with Crippen LogP contribution in [0.15, 0.2) is 30.3 Å². The Kier molecular flexibility index (Phi) is 7.74. The first kappa shape index (κ1) is 21.1. The van der Waals surface area contributed by atoms with Crippen LogP contribution in [-0.2, 0) is 4.57 Å². The molecule has 3 aliphatic carbocycles. The van der Waals surface area contributed by atoms with Gasteiger partial charge in [0.05, 0.1) is 0 Å². The predicted octanol–water partition coefficient (Wildman–Crippen LogP) is 7.58. The van der Waals surface area contributed by atoms with E-state index in [2.05, 4.69) is 37.3 Å². The van der Waals surface area contributed by atoms with E-state index in [9.17, 15) is 4.57 Å². The Morgan fingerprint density at radius 2 is 1.36 bits per heavy atom. The minimum absolute atomic E-state index is 0.0879. The van der Waals surface area contributed by atoms with Crippen molar-refractivity contribution >= 4 is 21.0 Å². The van der Waals surface area contributed by atoms with Crippen LogP contribution in [0.1, 0.15) is 90.4 Å². The van der Waals surface area contributed by atoms with Crippen molar-refractivity contribution in [2.75, 3.05) is 0 Å². The molecule has 0 N–H and O–H groups in total. The van der Waals surface area contributed by atoms with E-state index in [1.54, 1.807) is 0 Å². The molecule has 1 nitrogen and oxygen atoms in total. The minimum atomic E-state index is -1.67. The molecule has 0 radical (unpaired) electrons. The molecule has 0 heterocycles. The van der Waals surface area contributed by atoms with Crippen LogP contribution in [0.5, 0.6) is 0 Å². The van der Waals surface area contributed by atoms with Gasteiger partial charge in [-0.1, -0.05) is 90.1 Å². The summed E-state index contributed by atoms with van der Waals surface area (Å²) in [5.74, 6) is 0.724. The SMILES string of the molecule is C[C@H]([C@@H]1CCC[C@@H]1[PH](=O)c1ccccc1)P(C1CCCCC1)C1CCCCC1. The molecular formula is C25H40OP2. The third-order valence-corrected chi connectivity index (χ3v) is 14.4. The minimum Gasteiger partial charge on any atom is -0.322 e. The molecule has 1 aromatic carbocycles. The molecule has 0 aromatic heterocycles. The molecule has 0 amide bonds. The van der Waals surface area contributed by atoms with Crippen molar-refractivity contribution in [3.05, 3.63) is 30.3 Å². The van der Waals surface area contributed by atoms with E-state index < -0.39 is 7.80 Å². The van der Waals surface area contributed by atoms with Crippen LogP contribution in [0.4, 0.5) is 0 Å². The van der Waals surface area contributed by atoms with Crippen LogP contribution in [0.3, 0.4) is 0 Å². The second-order valence-electron chi connectivity index (χ2n) is 9.70. The van der Waals surface area contributed by atoms with Crippen molar-refractivity contribution < 1.29 is 4.57 Å². The average molecular weight is 419 g/mol. The first-order valence-electron chi connectivity index (χ1n) is 12.1. The van der Waals surface area contributed by atoms with Gasteiger partial charge in [-0.25, -0.2) is 0 Å². The summed E-state index contributed by atoms with van der Waals surface area (Å²) in [5, 5.41) is 1.14. The zero-order valence-corrected chi connectivity index (χ0v) is 19.7. The zero-order chi connectivity index (χ0) is 19.3. The van der Waals surface area contributed by atoms with Gasteiger partial charge in [-0.15, -0.1) is 0 Å². The maximum atomic E-state index is 13.5. The monoisotopic (exact) mass is 418 g/mol. The summed E-state index contributed by atoms with van der Waals surface area (Å²) in [6.07, 6.45) is 18.7. The Balaban J connectivity index is 1.54. The lowest BCUT2D eigenvalue weighted by molar-refractivity contribution is 0.464.